The molecule has 1 aromatic carbocycles. The maximum Gasteiger partial charge on any atom is 0.338 e. The number of aromatic nitrogens is 3. The number of hydrogen-bond donors (Lipinski definition) is 2. The van der Waals surface area contributed by atoms with Gasteiger partial charge in [-0.25, -0.2) is 4.79 Å². The average molecular weight is 318 g/mol. The van der Waals surface area contributed by atoms with Crippen molar-refractivity contribution in [1.82, 2.24) is 15.2 Å². The number of hydrogen-bond acceptors (Lipinski definition) is 6. The molecule has 2 N–H and O–H groups in total. The van der Waals surface area contributed by atoms with Crippen molar-refractivity contribution >= 4 is 29.7 Å². The number of carbonyl (C=O) groups excluding carboxylic acids is 1. The lowest BCUT2D eigenvalue weighted by Gasteiger charge is -2.08. The van der Waals surface area contributed by atoms with Crippen molar-refractivity contribution in [2.45, 2.75) is 26.7 Å². The topological polar surface area (TPSA) is 79.9 Å². The Labute approximate surface area is 133 Å². The van der Waals surface area contributed by atoms with Crippen LogP contribution in [-0.4, -0.2) is 27.8 Å². The van der Waals surface area contributed by atoms with Crippen LogP contribution in [0.3, 0.4) is 0 Å². The van der Waals surface area contributed by atoms with Gasteiger partial charge in [0.25, 0.3) is 0 Å². The molecule has 0 radical (unpaired) electrons. The zero-order valence-electron chi connectivity index (χ0n) is 12.5. The third-order valence-electron chi connectivity index (χ3n) is 2.99. The van der Waals surface area contributed by atoms with E-state index in [1.807, 2.05) is 6.92 Å². The maximum absolute atomic E-state index is 11.8. The fourth-order valence-corrected chi connectivity index (χ4v) is 1.87. The fourth-order valence-electron chi connectivity index (χ4n) is 1.73. The number of benzene rings is 1. The lowest BCUT2D eigenvalue weighted by Crippen LogP contribution is -2.06. The van der Waals surface area contributed by atoms with Gasteiger partial charge in [-0.05, 0) is 49.8 Å². The summed E-state index contributed by atoms with van der Waals surface area (Å²) in [5, 5.41) is 9.78. The minimum Gasteiger partial charge on any atom is -0.462 e. The number of esters is 1. The number of aryl methyl sites for hydroxylation is 1. The molecule has 0 amide bonds. The first-order chi connectivity index (χ1) is 10.6. The molecule has 0 unspecified atom stereocenters. The Morgan fingerprint density at radius 1 is 1.36 bits per heavy atom. The molecular weight excluding hydrogens is 300 g/mol. The second kappa shape index (κ2) is 7.65. The highest BCUT2D eigenvalue weighted by Gasteiger charge is 2.07. The van der Waals surface area contributed by atoms with E-state index in [0.717, 1.165) is 18.5 Å². The normalized spacial score (nSPS) is 10.3. The highest BCUT2D eigenvalue weighted by atomic mass is 32.1. The lowest BCUT2D eigenvalue weighted by atomic mass is 10.2. The number of unbranched alkanes of at least 4 members (excludes halogenated alkanes) is 1. The van der Waals surface area contributed by atoms with Crippen LogP contribution in [0.1, 0.15) is 35.8 Å². The molecule has 0 aliphatic heterocycles. The van der Waals surface area contributed by atoms with Gasteiger partial charge in [-0.2, -0.15) is 10.1 Å². The molecule has 0 spiro atoms. The van der Waals surface area contributed by atoms with E-state index in [-0.39, 0.29) is 5.97 Å². The lowest BCUT2D eigenvalue weighted by molar-refractivity contribution is 0.0500. The third kappa shape index (κ3) is 4.36. The minimum absolute atomic E-state index is 0.307. The Morgan fingerprint density at radius 3 is 2.77 bits per heavy atom. The van der Waals surface area contributed by atoms with E-state index in [1.165, 1.54) is 0 Å². The van der Waals surface area contributed by atoms with Crippen molar-refractivity contribution in [3.8, 4) is 0 Å². The molecule has 2 aromatic rings. The Kier molecular flexibility index (Phi) is 5.60. The van der Waals surface area contributed by atoms with Crippen molar-refractivity contribution in [2.24, 2.45) is 0 Å². The molecule has 1 heterocycles. The Balaban J connectivity index is 2.04. The summed E-state index contributed by atoms with van der Waals surface area (Å²) in [4.78, 5) is 16.0. The largest absolute Gasteiger partial charge is 0.462 e. The van der Waals surface area contributed by atoms with Crippen LogP contribution in [-0.2, 0) is 4.74 Å². The number of ether oxygens (including phenoxy) is 1. The van der Waals surface area contributed by atoms with E-state index in [1.54, 1.807) is 24.3 Å². The molecule has 22 heavy (non-hydrogen) atoms. The maximum atomic E-state index is 11.8. The Morgan fingerprint density at radius 2 is 2.09 bits per heavy atom. The van der Waals surface area contributed by atoms with Gasteiger partial charge in [0.2, 0.25) is 4.77 Å². The first-order valence-corrected chi connectivity index (χ1v) is 7.48. The zero-order valence-corrected chi connectivity index (χ0v) is 13.4. The van der Waals surface area contributed by atoms with Crippen molar-refractivity contribution in [3.05, 3.63) is 40.3 Å². The molecule has 0 bridgehead atoms. The van der Waals surface area contributed by atoms with Crippen LogP contribution in [0.25, 0.3) is 0 Å². The van der Waals surface area contributed by atoms with E-state index >= 15 is 0 Å². The number of carbonyl (C=O) groups is 1. The number of H-pyrrole nitrogens is 1. The third-order valence-corrected chi connectivity index (χ3v) is 3.17. The van der Waals surface area contributed by atoms with Crippen molar-refractivity contribution in [1.29, 1.82) is 0 Å². The second-order valence-corrected chi connectivity index (χ2v) is 5.15. The summed E-state index contributed by atoms with van der Waals surface area (Å²) in [5.74, 6) is 0.278. The number of rotatable bonds is 6. The van der Waals surface area contributed by atoms with Crippen LogP contribution >= 0.6 is 12.2 Å². The standard InChI is InChI=1S/C15H18N4O2S/c1-3-4-9-21-14(20)11-5-7-12(8-6-11)16-13-10(2)18-19-15(22)17-13/h5-8H,3-4,9H2,1-2H3,(H2,16,17,19,22). The highest BCUT2D eigenvalue weighted by molar-refractivity contribution is 7.71. The highest BCUT2D eigenvalue weighted by Crippen LogP contribution is 2.17. The van der Waals surface area contributed by atoms with Crippen LogP contribution in [0.2, 0.25) is 0 Å². The summed E-state index contributed by atoms with van der Waals surface area (Å²) < 4.78 is 5.47. The van der Waals surface area contributed by atoms with Gasteiger partial charge in [-0.1, -0.05) is 13.3 Å². The number of anilines is 2. The van der Waals surface area contributed by atoms with E-state index in [9.17, 15) is 4.79 Å². The summed E-state index contributed by atoms with van der Waals surface area (Å²) in [6, 6.07) is 7.00. The van der Waals surface area contributed by atoms with Crippen LogP contribution in [0, 0.1) is 11.7 Å². The molecule has 6 nitrogen and oxygen atoms in total. The number of nitrogens with one attached hydrogen (secondary N) is 2. The van der Waals surface area contributed by atoms with Crippen molar-refractivity contribution in [3.63, 3.8) is 0 Å². The summed E-state index contributed by atoms with van der Waals surface area (Å²) in [7, 11) is 0. The Hall–Kier alpha value is -2.28. The summed E-state index contributed by atoms with van der Waals surface area (Å²) in [6.45, 7) is 4.32. The van der Waals surface area contributed by atoms with Crippen LogP contribution < -0.4 is 5.32 Å². The minimum atomic E-state index is -0.307. The van der Waals surface area contributed by atoms with Crippen LogP contribution in [0.15, 0.2) is 24.3 Å². The first kappa shape index (κ1) is 16.1. The molecule has 0 fully saturated rings. The van der Waals surface area contributed by atoms with Crippen LogP contribution in [0.4, 0.5) is 11.5 Å². The van der Waals surface area contributed by atoms with E-state index in [2.05, 4.69) is 27.4 Å². The molecule has 0 atom stereocenters. The van der Waals surface area contributed by atoms with Gasteiger partial charge in [0.15, 0.2) is 5.82 Å². The van der Waals surface area contributed by atoms with E-state index < -0.39 is 0 Å². The Bertz CT molecular complexity index is 697. The predicted octanol–water partition coefficient (Wildman–Crippen LogP) is 3.54. The van der Waals surface area contributed by atoms with Gasteiger partial charge in [0.05, 0.1) is 12.2 Å². The quantitative estimate of drug-likeness (QED) is 0.482. The molecule has 0 aliphatic carbocycles. The van der Waals surface area contributed by atoms with Crippen molar-refractivity contribution < 1.29 is 9.53 Å². The average Bonchev–Trinajstić information content (AvgIpc) is 2.52. The van der Waals surface area contributed by atoms with Gasteiger partial charge in [-0.15, -0.1) is 0 Å². The molecular formula is C15H18N4O2S. The molecule has 0 saturated heterocycles. The smallest absolute Gasteiger partial charge is 0.338 e. The van der Waals surface area contributed by atoms with E-state index in [0.29, 0.717) is 28.5 Å². The van der Waals surface area contributed by atoms with Crippen molar-refractivity contribution in [2.75, 3.05) is 11.9 Å². The molecule has 0 saturated carbocycles. The van der Waals surface area contributed by atoms with Gasteiger partial charge >= 0.3 is 5.97 Å². The van der Waals surface area contributed by atoms with Gasteiger partial charge in [-0.3, -0.25) is 5.10 Å². The SMILES string of the molecule is CCCCOC(=O)c1ccc(Nc2nc(=S)[nH]nc2C)cc1. The van der Waals surface area contributed by atoms with Gasteiger partial charge < -0.3 is 10.1 Å². The monoisotopic (exact) mass is 318 g/mol. The van der Waals surface area contributed by atoms with Gasteiger partial charge in [0.1, 0.15) is 5.69 Å². The van der Waals surface area contributed by atoms with Gasteiger partial charge in [0, 0.05) is 5.69 Å². The fraction of sp³-hybridized carbons (Fsp3) is 0.333. The summed E-state index contributed by atoms with van der Waals surface area (Å²) in [5.41, 5.74) is 2.02. The summed E-state index contributed by atoms with van der Waals surface area (Å²) >= 11 is 4.95. The molecule has 1 aromatic heterocycles. The van der Waals surface area contributed by atoms with Crippen LogP contribution in [0.5, 0.6) is 0 Å². The first-order valence-electron chi connectivity index (χ1n) is 7.07. The molecule has 116 valence electrons. The zero-order chi connectivity index (χ0) is 15.9. The second-order valence-electron chi connectivity index (χ2n) is 4.77. The number of nitrogens with zero attached hydrogens (tertiary/aromatic N) is 2. The predicted molar refractivity (Wildman–Crippen MR) is 86.9 cm³/mol. The molecule has 7 heteroatoms. The molecule has 2 rings (SSSR count). The summed E-state index contributed by atoms with van der Waals surface area (Å²) in [6.07, 6.45) is 1.87. The van der Waals surface area contributed by atoms with E-state index in [4.69, 9.17) is 17.0 Å². The molecule has 0 aliphatic rings. The number of aromatic amines is 1.